The number of hydrogen-bond acceptors (Lipinski definition) is 3. The van der Waals surface area contributed by atoms with Crippen molar-refractivity contribution in [1.82, 2.24) is 14.7 Å². The van der Waals surface area contributed by atoms with Crippen molar-refractivity contribution in [1.29, 1.82) is 0 Å². The molecular formula is C21H25N3OS. The lowest BCUT2D eigenvalue weighted by atomic mass is 10.1. The van der Waals surface area contributed by atoms with Gasteiger partial charge in [0.05, 0.1) is 5.69 Å². The van der Waals surface area contributed by atoms with E-state index in [9.17, 15) is 4.79 Å². The monoisotopic (exact) mass is 367 g/mol. The summed E-state index contributed by atoms with van der Waals surface area (Å²) in [6, 6.07) is 10.6. The van der Waals surface area contributed by atoms with Gasteiger partial charge >= 0.3 is 0 Å². The van der Waals surface area contributed by atoms with Gasteiger partial charge in [0.2, 0.25) is 5.91 Å². The Morgan fingerprint density at radius 3 is 2.69 bits per heavy atom. The second-order valence-corrected chi connectivity index (χ2v) is 7.96. The fourth-order valence-electron chi connectivity index (χ4n) is 3.72. The maximum Gasteiger partial charge on any atom is 0.220 e. The molecule has 136 valence electrons. The van der Waals surface area contributed by atoms with Crippen LogP contribution in [0.2, 0.25) is 0 Å². The molecule has 1 amide bonds. The maximum absolute atomic E-state index is 12.3. The standard InChI is InChI=1S/C21H25N3OS/c25-20(22-17-10-6-1-2-7-11-17)13-12-18-15-26-21-23-19(14-24(18)21)16-8-4-3-5-9-16/h3-5,8-9,14-15,17H,1-2,6-7,10-13H2,(H,22,25). The van der Waals surface area contributed by atoms with Crippen LogP contribution in [0.3, 0.4) is 0 Å². The van der Waals surface area contributed by atoms with Gasteiger partial charge in [-0.1, -0.05) is 56.0 Å². The minimum Gasteiger partial charge on any atom is -0.353 e. The topological polar surface area (TPSA) is 46.4 Å². The lowest BCUT2D eigenvalue weighted by molar-refractivity contribution is -0.121. The molecule has 2 aromatic heterocycles. The number of aromatic nitrogens is 2. The zero-order valence-corrected chi connectivity index (χ0v) is 15.8. The second-order valence-electron chi connectivity index (χ2n) is 7.13. The van der Waals surface area contributed by atoms with Crippen LogP contribution in [0.15, 0.2) is 41.9 Å². The van der Waals surface area contributed by atoms with Crippen molar-refractivity contribution < 1.29 is 4.79 Å². The van der Waals surface area contributed by atoms with Crippen LogP contribution in [0.4, 0.5) is 0 Å². The Hall–Kier alpha value is -2.14. The van der Waals surface area contributed by atoms with E-state index >= 15 is 0 Å². The van der Waals surface area contributed by atoms with Gasteiger partial charge in [-0.15, -0.1) is 11.3 Å². The molecule has 26 heavy (non-hydrogen) atoms. The fraction of sp³-hybridized carbons (Fsp3) is 0.429. The van der Waals surface area contributed by atoms with Gasteiger partial charge in [0, 0.05) is 35.3 Å². The average Bonchev–Trinajstić information content (AvgIpc) is 3.14. The minimum atomic E-state index is 0.180. The number of hydrogen-bond donors (Lipinski definition) is 1. The number of carbonyl (C=O) groups excluding carboxylic acids is 1. The zero-order valence-electron chi connectivity index (χ0n) is 15.0. The van der Waals surface area contributed by atoms with Crippen molar-refractivity contribution in [3.8, 4) is 11.3 Å². The predicted molar refractivity (Wildman–Crippen MR) is 106 cm³/mol. The third kappa shape index (κ3) is 3.98. The van der Waals surface area contributed by atoms with Crippen LogP contribution >= 0.6 is 11.3 Å². The van der Waals surface area contributed by atoms with Gasteiger partial charge in [0.15, 0.2) is 4.96 Å². The van der Waals surface area contributed by atoms with E-state index in [1.165, 1.54) is 25.7 Å². The lowest BCUT2D eigenvalue weighted by Gasteiger charge is -2.16. The molecule has 1 aromatic carbocycles. The predicted octanol–water partition coefficient (Wildman–Crippen LogP) is 4.83. The Morgan fingerprint density at radius 2 is 1.92 bits per heavy atom. The second kappa shape index (κ2) is 8.04. The van der Waals surface area contributed by atoms with E-state index in [0.717, 1.165) is 41.2 Å². The van der Waals surface area contributed by atoms with E-state index in [0.29, 0.717) is 12.5 Å². The highest BCUT2D eigenvalue weighted by atomic mass is 32.1. The Kier molecular flexibility index (Phi) is 5.34. The molecule has 1 saturated carbocycles. The molecular weight excluding hydrogens is 342 g/mol. The Labute approximate surface area is 158 Å². The van der Waals surface area contributed by atoms with Crippen LogP contribution in [-0.4, -0.2) is 21.3 Å². The smallest absolute Gasteiger partial charge is 0.220 e. The van der Waals surface area contributed by atoms with Gasteiger partial charge in [0.25, 0.3) is 0 Å². The number of nitrogens with one attached hydrogen (secondary N) is 1. The van der Waals surface area contributed by atoms with E-state index in [-0.39, 0.29) is 5.91 Å². The zero-order chi connectivity index (χ0) is 17.8. The van der Waals surface area contributed by atoms with Gasteiger partial charge in [-0.3, -0.25) is 9.20 Å². The van der Waals surface area contributed by atoms with E-state index in [1.54, 1.807) is 11.3 Å². The van der Waals surface area contributed by atoms with Crippen molar-refractivity contribution in [3.63, 3.8) is 0 Å². The molecule has 1 aliphatic rings. The first kappa shape index (κ1) is 17.3. The number of aryl methyl sites for hydroxylation is 1. The largest absolute Gasteiger partial charge is 0.353 e. The van der Waals surface area contributed by atoms with E-state index in [1.807, 2.05) is 18.2 Å². The van der Waals surface area contributed by atoms with E-state index < -0.39 is 0 Å². The number of fused-ring (bicyclic) bond motifs is 1. The molecule has 0 spiro atoms. The van der Waals surface area contributed by atoms with Crippen molar-refractivity contribution in [3.05, 3.63) is 47.6 Å². The minimum absolute atomic E-state index is 0.180. The number of rotatable bonds is 5. The molecule has 1 N–H and O–H groups in total. The molecule has 4 rings (SSSR count). The average molecular weight is 368 g/mol. The van der Waals surface area contributed by atoms with Crippen molar-refractivity contribution in [2.75, 3.05) is 0 Å². The quantitative estimate of drug-likeness (QED) is 0.656. The Bertz CT molecular complexity index is 860. The van der Waals surface area contributed by atoms with Crippen molar-refractivity contribution >= 4 is 22.2 Å². The molecule has 2 heterocycles. The molecule has 0 unspecified atom stereocenters. The van der Waals surface area contributed by atoms with E-state index in [4.69, 9.17) is 4.98 Å². The molecule has 3 aromatic rings. The van der Waals surface area contributed by atoms with Crippen LogP contribution in [0.1, 0.15) is 50.6 Å². The molecule has 1 fully saturated rings. The first-order chi connectivity index (χ1) is 12.8. The number of thiazole rings is 1. The van der Waals surface area contributed by atoms with E-state index in [2.05, 4.69) is 33.4 Å². The third-order valence-electron chi connectivity index (χ3n) is 5.18. The summed E-state index contributed by atoms with van der Waals surface area (Å²) in [6.07, 6.45) is 10.8. The molecule has 0 saturated heterocycles. The SMILES string of the molecule is O=C(CCc1csc2nc(-c3ccccc3)cn12)NC1CCCCCC1. The highest BCUT2D eigenvalue weighted by molar-refractivity contribution is 7.15. The summed E-state index contributed by atoms with van der Waals surface area (Å²) in [7, 11) is 0. The van der Waals surface area contributed by atoms with Gasteiger partial charge < -0.3 is 5.32 Å². The summed E-state index contributed by atoms with van der Waals surface area (Å²) < 4.78 is 2.13. The summed E-state index contributed by atoms with van der Waals surface area (Å²) in [4.78, 5) is 18.1. The number of benzene rings is 1. The van der Waals surface area contributed by atoms with Crippen LogP contribution in [-0.2, 0) is 11.2 Å². The number of amides is 1. The molecule has 4 nitrogen and oxygen atoms in total. The van der Waals surface area contributed by atoms with Gasteiger partial charge in [-0.2, -0.15) is 0 Å². The number of carbonyl (C=O) groups is 1. The Morgan fingerprint density at radius 1 is 1.15 bits per heavy atom. The number of imidazole rings is 1. The van der Waals surface area contributed by atoms with Crippen LogP contribution in [0.5, 0.6) is 0 Å². The normalized spacial score (nSPS) is 15.8. The van der Waals surface area contributed by atoms with Crippen LogP contribution < -0.4 is 5.32 Å². The van der Waals surface area contributed by atoms with Crippen LogP contribution in [0, 0.1) is 0 Å². The summed E-state index contributed by atoms with van der Waals surface area (Å²) in [5, 5.41) is 5.36. The summed E-state index contributed by atoms with van der Waals surface area (Å²) in [6.45, 7) is 0. The van der Waals surface area contributed by atoms with Gasteiger partial charge in [-0.25, -0.2) is 4.98 Å². The lowest BCUT2D eigenvalue weighted by Crippen LogP contribution is -2.34. The summed E-state index contributed by atoms with van der Waals surface area (Å²) in [5.41, 5.74) is 3.28. The molecule has 0 bridgehead atoms. The van der Waals surface area contributed by atoms with Crippen molar-refractivity contribution in [2.24, 2.45) is 0 Å². The van der Waals surface area contributed by atoms with Crippen molar-refractivity contribution in [2.45, 2.75) is 57.4 Å². The van der Waals surface area contributed by atoms with Gasteiger partial charge in [0.1, 0.15) is 0 Å². The highest BCUT2D eigenvalue weighted by Gasteiger charge is 2.15. The molecule has 0 radical (unpaired) electrons. The maximum atomic E-state index is 12.3. The Balaban J connectivity index is 1.39. The fourth-order valence-corrected chi connectivity index (χ4v) is 4.63. The highest BCUT2D eigenvalue weighted by Crippen LogP contribution is 2.24. The molecule has 0 aliphatic heterocycles. The summed E-state index contributed by atoms with van der Waals surface area (Å²) >= 11 is 1.64. The molecule has 5 heteroatoms. The van der Waals surface area contributed by atoms with Crippen LogP contribution in [0.25, 0.3) is 16.2 Å². The third-order valence-corrected chi connectivity index (χ3v) is 6.07. The number of nitrogens with zero attached hydrogens (tertiary/aromatic N) is 2. The summed E-state index contributed by atoms with van der Waals surface area (Å²) in [5.74, 6) is 0.180. The first-order valence-electron chi connectivity index (χ1n) is 9.60. The van der Waals surface area contributed by atoms with Gasteiger partial charge in [-0.05, 0) is 19.3 Å². The molecule has 1 aliphatic carbocycles. The first-order valence-corrected chi connectivity index (χ1v) is 10.5. The molecule has 0 atom stereocenters.